The average Bonchev–Trinajstić information content (AvgIpc) is 2.78. The molecule has 1 aliphatic rings. The molecular formula is C17H16O4S. The molecule has 114 valence electrons. The summed E-state index contributed by atoms with van der Waals surface area (Å²) in [4.78, 5) is 0.647. The van der Waals surface area contributed by atoms with Crippen molar-refractivity contribution in [3.05, 3.63) is 58.5 Å². The number of ether oxygens (including phenoxy) is 2. The lowest BCUT2D eigenvalue weighted by Gasteiger charge is -2.08. The van der Waals surface area contributed by atoms with E-state index in [1.807, 2.05) is 13.0 Å². The van der Waals surface area contributed by atoms with E-state index >= 15 is 0 Å². The second kappa shape index (κ2) is 5.50. The molecular weight excluding hydrogens is 300 g/mol. The van der Waals surface area contributed by atoms with Gasteiger partial charge in [-0.1, -0.05) is 12.1 Å². The zero-order valence-corrected chi connectivity index (χ0v) is 13.2. The molecule has 0 saturated carbocycles. The molecule has 22 heavy (non-hydrogen) atoms. The van der Waals surface area contributed by atoms with Gasteiger partial charge in [0.15, 0.2) is 0 Å². The van der Waals surface area contributed by atoms with Crippen LogP contribution in [-0.2, 0) is 9.84 Å². The molecule has 1 aliphatic heterocycles. The number of hydrogen-bond donors (Lipinski definition) is 0. The highest BCUT2D eigenvalue weighted by Gasteiger charge is 2.30. The largest absolute Gasteiger partial charge is 0.497 e. The molecule has 0 unspecified atom stereocenters. The van der Waals surface area contributed by atoms with E-state index in [1.54, 1.807) is 49.6 Å². The third-order valence-corrected chi connectivity index (χ3v) is 5.53. The normalized spacial score (nSPS) is 15.1. The standard InChI is InChI=1S/C17H16O4S/c1-12-4-3-5-17-16(12)10-15(22(17,18)19)11-21-14-8-6-13(20-2)7-9-14/h3-10H,11H2,1-2H3. The summed E-state index contributed by atoms with van der Waals surface area (Å²) < 4.78 is 35.6. The van der Waals surface area contributed by atoms with Gasteiger partial charge in [0.25, 0.3) is 0 Å². The molecule has 0 amide bonds. The molecule has 2 aromatic rings. The predicted molar refractivity (Wildman–Crippen MR) is 84.8 cm³/mol. The lowest BCUT2D eigenvalue weighted by molar-refractivity contribution is 0.357. The van der Waals surface area contributed by atoms with Crippen LogP contribution >= 0.6 is 0 Å². The molecule has 1 heterocycles. The van der Waals surface area contributed by atoms with Crippen LogP contribution in [0.2, 0.25) is 0 Å². The molecule has 4 nitrogen and oxygen atoms in total. The Balaban J connectivity index is 1.82. The van der Waals surface area contributed by atoms with Crippen LogP contribution in [0.4, 0.5) is 0 Å². The SMILES string of the molecule is COc1ccc(OCC2=Cc3c(C)cccc3S2(=O)=O)cc1. The van der Waals surface area contributed by atoms with Gasteiger partial charge in [-0.3, -0.25) is 0 Å². The first-order valence-electron chi connectivity index (χ1n) is 6.84. The maximum absolute atomic E-state index is 12.5. The molecule has 0 bridgehead atoms. The highest BCUT2D eigenvalue weighted by atomic mass is 32.2. The van der Waals surface area contributed by atoms with Crippen molar-refractivity contribution < 1.29 is 17.9 Å². The van der Waals surface area contributed by atoms with E-state index in [2.05, 4.69) is 0 Å². The lowest BCUT2D eigenvalue weighted by atomic mass is 10.1. The van der Waals surface area contributed by atoms with Crippen LogP contribution in [0.25, 0.3) is 6.08 Å². The molecule has 5 heteroatoms. The Bertz CT molecular complexity index is 833. The first-order chi connectivity index (χ1) is 10.5. The molecule has 0 spiro atoms. The summed E-state index contributed by atoms with van der Waals surface area (Å²) in [6.07, 6.45) is 1.70. The van der Waals surface area contributed by atoms with Gasteiger partial charge in [0, 0.05) is 0 Å². The van der Waals surface area contributed by atoms with Crippen molar-refractivity contribution in [1.82, 2.24) is 0 Å². The Kier molecular flexibility index (Phi) is 3.66. The number of rotatable bonds is 4. The first kappa shape index (κ1) is 14.7. The fraction of sp³-hybridized carbons (Fsp3) is 0.176. The summed E-state index contributed by atoms with van der Waals surface area (Å²) in [6, 6.07) is 12.3. The predicted octanol–water partition coefficient (Wildman–Crippen LogP) is 3.21. The number of benzene rings is 2. The quantitative estimate of drug-likeness (QED) is 0.869. The minimum atomic E-state index is -3.44. The summed E-state index contributed by atoms with van der Waals surface area (Å²) in [5.74, 6) is 1.33. The van der Waals surface area contributed by atoms with Gasteiger partial charge in [0.1, 0.15) is 18.1 Å². The molecule has 0 aromatic heterocycles. The van der Waals surface area contributed by atoms with Crippen molar-refractivity contribution in [2.45, 2.75) is 11.8 Å². The number of fused-ring (bicyclic) bond motifs is 1. The van der Waals surface area contributed by atoms with E-state index in [1.165, 1.54) is 0 Å². The number of hydrogen-bond acceptors (Lipinski definition) is 4. The zero-order valence-electron chi connectivity index (χ0n) is 12.4. The minimum absolute atomic E-state index is 0.0166. The summed E-state index contributed by atoms with van der Waals surface area (Å²) >= 11 is 0. The Morgan fingerprint density at radius 2 is 1.68 bits per heavy atom. The van der Waals surface area contributed by atoms with Crippen LogP contribution in [0.3, 0.4) is 0 Å². The number of methoxy groups -OCH3 is 1. The Morgan fingerprint density at radius 3 is 2.32 bits per heavy atom. The van der Waals surface area contributed by atoms with Crippen molar-refractivity contribution in [3.8, 4) is 11.5 Å². The lowest BCUT2D eigenvalue weighted by Crippen LogP contribution is -2.09. The van der Waals surface area contributed by atoms with E-state index in [0.29, 0.717) is 10.6 Å². The maximum Gasteiger partial charge on any atom is 0.206 e. The second-order valence-electron chi connectivity index (χ2n) is 5.07. The third kappa shape index (κ3) is 2.48. The Hall–Kier alpha value is -2.27. The van der Waals surface area contributed by atoms with Crippen LogP contribution in [0.15, 0.2) is 52.3 Å². The van der Waals surface area contributed by atoms with Gasteiger partial charge in [-0.05, 0) is 54.5 Å². The topological polar surface area (TPSA) is 52.6 Å². The molecule has 0 aliphatic carbocycles. The van der Waals surface area contributed by atoms with Crippen LogP contribution in [-0.4, -0.2) is 22.1 Å². The second-order valence-corrected chi connectivity index (χ2v) is 7.04. The number of aryl methyl sites for hydroxylation is 1. The van der Waals surface area contributed by atoms with Crippen LogP contribution in [0, 0.1) is 6.92 Å². The van der Waals surface area contributed by atoms with Crippen molar-refractivity contribution >= 4 is 15.9 Å². The molecule has 0 atom stereocenters. The van der Waals surface area contributed by atoms with Crippen molar-refractivity contribution in [2.24, 2.45) is 0 Å². The van der Waals surface area contributed by atoms with Crippen molar-refractivity contribution in [1.29, 1.82) is 0 Å². The average molecular weight is 316 g/mol. The molecule has 0 saturated heterocycles. The summed E-state index contributed by atoms with van der Waals surface area (Å²) in [6.45, 7) is 1.92. The molecule has 0 radical (unpaired) electrons. The summed E-state index contributed by atoms with van der Waals surface area (Å²) in [5.41, 5.74) is 1.70. The van der Waals surface area contributed by atoms with E-state index in [-0.39, 0.29) is 11.5 Å². The van der Waals surface area contributed by atoms with E-state index in [9.17, 15) is 8.42 Å². The highest BCUT2D eigenvalue weighted by Crippen LogP contribution is 2.34. The zero-order chi connectivity index (χ0) is 15.7. The maximum atomic E-state index is 12.5. The fourth-order valence-electron chi connectivity index (χ4n) is 2.40. The summed E-state index contributed by atoms with van der Waals surface area (Å²) in [7, 11) is -1.85. The van der Waals surface area contributed by atoms with Gasteiger partial charge in [-0.25, -0.2) is 8.42 Å². The highest BCUT2D eigenvalue weighted by molar-refractivity contribution is 7.95. The third-order valence-electron chi connectivity index (χ3n) is 3.66. The van der Waals surface area contributed by atoms with Gasteiger partial charge >= 0.3 is 0 Å². The fourth-order valence-corrected chi connectivity index (χ4v) is 3.94. The molecule has 2 aromatic carbocycles. The molecule has 3 rings (SSSR count). The van der Waals surface area contributed by atoms with Gasteiger partial charge in [-0.2, -0.15) is 0 Å². The van der Waals surface area contributed by atoms with E-state index in [4.69, 9.17) is 9.47 Å². The number of sulfone groups is 1. The molecule has 0 fully saturated rings. The van der Waals surface area contributed by atoms with Crippen molar-refractivity contribution in [2.75, 3.05) is 13.7 Å². The van der Waals surface area contributed by atoms with Gasteiger partial charge in [0.05, 0.1) is 16.9 Å². The van der Waals surface area contributed by atoms with Crippen molar-refractivity contribution in [3.63, 3.8) is 0 Å². The Labute approximate surface area is 129 Å². The first-order valence-corrected chi connectivity index (χ1v) is 8.33. The van der Waals surface area contributed by atoms with E-state index in [0.717, 1.165) is 16.9 Å². The van der Waals surface area contributed by atoms with Gasteiger partial charge < -0.3 is 9.47 Å². The minimum Gasteiger partial charge on any atom is -0.497 e. The van der Waals surface area contributed by atoms with Gasteiger partial charge in [-0.15, -0.1) is 0 Å². The summed E-state index contributed by atoms with van der Waals surface area (Å²) in [5, 5.41) is 0. The molecule has 0 N–H and O–H groups in total. The monoisotopic (exact) mass is 316 g/mol. The van der Waals surface area contributed by atoms with Crippen LogP contribution < -0.4 is 9.47 Å². The van der Waals surface area contributed by atoms with Crippen LogP contribution in [0.5, 0.6) is 11.5 Å². The van der Waals surface area contributed by atoms with Gasteiger partial charge in [0.2, 0.25) is 9.84 Å². The smallest absolute Gasteiger partial charge is 0.206 e. The van der Waals surface area contributed by atoms with Crippen LogP contribution in [0.1, 0.15) is 11.1 Å². The Morgan fingerprint density at radius 1 is 1.00 bits per heavy atom. The van der Waals surface area contributed by atoms with E-state index < -0.39 is 9.84 Å².